The summed E-state index contributed by atoms with van der Waals surface area (Å²) in [6, 6.07) is 8.03. The maximum atomic E-state index is 5.98. The zero-order valence-corrected chi connectivity index (χ0v) is 8.49. The van der Waals surface area contributed by atoms with E-state index >= 15 is 0 Å². The van der Waals surface area contributed by atoms with Crippen molar-refractivity contribution >= 4 is 11.6 Å². The first kappa shape index (κ1) is 9.16. The van der Waals surface area contributed by atoms with Crippen LogP contribution in [0.2, 0.25) is 5.15 Å². The summed E-state index contributed by atoms with van der Waals surface area (Å²) in [5.74, 6) is 0. The van der Waals surface area contributed by atoms with E-state index in [-0.39, 0.29) is 0 Å². The first-order valence-corrected chi connectivity index (χ1v) is 4.68. The molecule has 0 saturated heterocycles. The van der Waals surface area contributed by atoms with Crippen molar-refractivity contribution in [2.75, 3.05) is 0 Å². The van der Waals surface area contributed by atoms with Crippen LogP contribution in [-0.2, 0) is 0 Å². The Bertz CT molecular complexity index is 411. The van der Waals surface area contributed by atoms with Gasteiger partial charge in [0.15, 0.2) is 0 Å². The van der Waals surface area contributed by atoms with Crippen molar-refractivity contribution in [3.63, 3.8) is 0 Å². The van der Waals surface area contributed by atoms with Crippen molar-refractivity contribution in [1.29, 1.82) is 0 Å². The molecule has 0 aliphatic heterocycles. The SMILES string of the molecule is Cc1ccccc1-c1cncnc1Cl. The lowest BCUT2D eigenvalue weighted by molar-refractivity contribution is 1.17. The molecule has 2 rings (SSSR count). The van der Waals surface area contributed by atoms with Gasteiger partial charge in [0.05, 0.1) is 0 Å². The molecule has 3 heteroatoms. The van der Waals surface area contributed by atoms with Gasteiger partial charge >= 0.3 is 0 Å². The van der Waals surface area contributed by atoms with Crippen LogP contribution in [0.15, 0.2) is 36.8 Å². The van der Waals surface area contributed by atoms with Gasteiger partial charge in [0.1, 0.15) is 11.5 Å². The van der Waals surface area contributed by atoms with Crippen LogP contribution in [0, 0.1) is 6.92 Å². The molecule has 14 heavy (non-hydrogen) atoms. The van der Waals surface area contributed by atoms with Crippen LogP contribution in [0.1, 0.15) is 5.56 Å². The Morgan fingerprint density at radius 3 is 2.64 bits per heavy atom. The Balaban J connectivity index is 2.61. The maximum absolute atomic E-state index is 5.98. The number of hydrogen-bond donors (Lipinski definition) is 0. The summed E-state index contributed by atoms with van der Waals surface area (Å²) < 4.78 is 0. The number of halogens is 1. The second-order valence-corrected chi connectivity index (χ2v) is 3.40. The third-order valence-electron chi connectivity index (χ3n) is 2.10. The van der Waals surface area contributed by atoms with Gasteiger partial charge in [-0.15, -0.1) is 0 Å². The Morgan fingerprint density at radius 2 is 1.93 bits per heavy atom. The van der Waals surface area contributed by atoms with Gasteiger partial charge < -0.3 is 0 Å². The van der Waals surface area contributed by atoms with E-state index in [0.717, 1.165) is 11.1 Å². The van der Waals surface area contributed by atoms with E-state index in [2.05, 4.69) is 9.97 Å². The molecule has 0 saturated carbocycles. The monoisotopic (exact) mass is 204 g/mol. The summed E-state index contributed by atoms with van der Waals surface area (Å²) in [6.07, 6.45) is 3.18. The van der Waals surface area contributed by atoms with Gasteiger partial charge in [0.25, 0.3) is 0 Å². The van der Waals surface area contributed by atoms with Crippen LogP contribution in [0.4, 0.5) is 0 Å². The van der Waals surface area contributed by atoms with E-state index in [0.29, 0.717) is 5.15 Å². The summed E-state index contributed by atoms with van der Waals surface area (Å²) in [5.41, 5.74) is 3.13. The summed E-state index contributed by atoms with van der Waals surface area (Å²) in [6.45, 7) is 2.04. The molecular weight excluding hydrogens is 196 g/mol. The zero-order valence-electron chi connectivity index (χ0n) is 7.74. The van der Waals surface area contributed by atoms with Crippen molar-refractivity contribution in [3.05, 3.63) is 47.5 Å². The highest BCUT2D eigenvalue weighted by atomic mass is 35.5. The van der Waals surface area contributed by atoms with E-state index < -0.39 is 0 Å². The van der Waals surface area contributed by atoms with Crippen LogP contribution >= 0.6 is 11.6 Å². The van der Waals surface area contributed by atoms with Gasteiger partial charge in [-0.2, -0.15) is 0 Å². The number of rotatable bonds is 1. The molecule has 2 nitrogen and oxygen atoms in total. The Hall–Kier alpha value is -1.41. The molecule has 0 bridgehead atoms. The summed E-state index contributed by atoms with van der Waals surface area (Å²) >= 11 is 5.98. The van der Waals surface area contributed by atoms with Crippen LogP contribution in [-0.4, -0.2) is 9.97 Å². The third-order valence-corrected chi connectivity index (χ3v) is 2.40. The topological polar surface area (TPSA) is 25.8 Å². The van der Waals surface area contributed by atoms with Crippen LogP contribution < -0.4 is 0 Å². The van der Waals surface area contributed by atoms with Crippen molar-refractivity contribution in [1.82, 2.24) is 9.97 Å². The lowest BCUT2D eigenvalue weighted by atomic mass is 10.0. The van der Waals surface area contributed by atoms with Crippen LogP contribution in [0.25, 0.3) is 11.1 Å². The number of aryl methyl sites for hydroxylation is 1. The Morgan fingerprint density at radius 1 is 1.14 bits per heavy atom. The summed E-state index contributed by atoms with van der Waals surface area (Å²) in [5, 5.41) is 0.495. The van der Waals surface area contributed by atoms with Gasteiger partial charge in [-0.1, -0.05) is 35.9 Å². The standard InChI is InChI=1S/C11H9ClN2/c1-8-4-2-3-5-9(8)10-6-13-7-14-11(10)12/h2-7H,1H3. The minimum absolute atomic E-state index is 0.495. The largest absolute Gasteiger partial charge is 0.244 e. The molecule has 0 N–H and O–H groups in total. The Kier molecular flexibility index (Phi) is 2.46. The minimum Gasteiger partial charge on any atom is -0.244 e. The molecule has 1 heterocycles. The molecule has 0 radical (unpaired) electrons. The molecule has 0 amide bonds. The predicted molar refractivity (Wildman–Crippen MR) is 57.2 cm³/mol. The average molecular weight is 205 g/mol. The molecule has 0 spiro atoms. The summed E-state index contributed by atoms with van der Waals surface area (Å²) in [4.78, 5) is 7.92. The van der Waals surface area contributed by atoms with E-state index in [1.807, 2.05) is 31.2 Å². The molecule has 0 unspecified atom stereocenters. The predicted octanol–water partition coefficient (Wildman–Crippen LogP) is 3.11. The molecular formula is C11H9ClN2. The molecule has 2 aromatic rings. The van der Waals surface area contributed by atoms with Crippen molar-refractivity contribution in [2.24, 2.45) is 0 Å². The first-order valence-electron chi connectivity index (χ1n) is 4.30. The van der Waals surface area contributed by atoms with Gasteiger partial charge in [0, 0.05) is 11.8 Å². The van der Waals surface area contributed by atoms with Crippen molar-refractivity contribution in [2.45, 2.75) is 6.92 Å². The molecule has 0 fully saturated rings. The molecule has 70 valence electrons. The lowest BCUT2D eigenvalue weighted by Crippen LogP contribution is -1.87. The van der Waals surface area contributed by atoms with Gasteiger partial charge in [-0.3, -0.25) is 0 Å². The quantitative estimate of drug-likeness (QED) is 0.667. The van der Waals surface area contributed by atoms with Gasteiger partial charge in [-0.05, 0) is 18.1 Å². The van der Waals surface area contributed by atoms with Gasteiger partial charge in [0.2, 0.25) is 0 Å². The molecule has 0 atom stereocenters. The zero-order chi connectivity index (χ0) is 9.97. The van der Waals surface area contributed by atoms with Gasteiger partial charge in [-0.25, -0.2) is 9.97 Å². The molecule has 0 aliphatic carbocycles. The Labute approximate surface area is 87.6 Å². The van der Waals surface area contributed by atoms with Crippen LogP contribution in [0.5, 0.6) is 0 Å². The fraction of sp³-hybridized carbons (Fsp3) is 0.0909. The second kappa shape index (κ2) is 3.76. The van der Waals surface area contributed by atoms with E-state index in [1.54, 1.807) is 6.20 Å². The number of aromatic nitrogens is 2. The van der Waals surface area contributed by atoms with Crippen molar-refractivity contribution in [3.8, 4) is 11.1 Å². The average Bonchev–Trinajstić information content (AvgIpc) is 2.20. The number of hydrogen-bond acceptors (Lipinski definition) is 2. The highest BCUT2D eigenvalue weighted by Gasteiger charge is 2.05. The highest BCUT2D eigenvalue weighted by molar-refractivity contribution is 6.32. The van der Waals surface area contributed by atoms with Crippen molar-refractivity contribution < 1.29 is 0 Å². The highest BCUT2D eigenvalue weighted by Crippen LogP contribution is 2.27. The van der Waals surface area contributed by atoms with Crippen LogP contribution in [0.3, 0.4) is 0 Å². The summed E-state index contributed by atoms with van der Waals surface area (Å²) in [7, 11) is 0. The minimum atomic E-state index is 0.495. The fourth-order valence-corrected chi connectivity index (χ4v) is 1.56. The second-order valence-electron chi connectivity index (χ2n) is 3.04. The normalized spacial score (nSPS) is 10.1. The van der Waals surface area contributed by atoms with E-state index in [4.69, 9.17) is 11.6 Å². The first-order chi connectivity index (χ1) is 6.79. The fourth-order valence-electron chi connectivity index (χ4n) is 1.37. The smallest absolute Gasteiger partial charge is 0.140 e. The lowest BCUT2D eigenvalue weighted by Gasteiger charge is -2.05. The molecule has 1 aromatic heterocycles. The van der Waals surface area contributed by atoms with E-state index in [1.165, 1.54) is 11.9 Å². The molecule has 1 aromatic carbocycles. The molecule has 0 aliphatic rings. The number of benzene rings is 1. The number of nitrogens with zero attached hydrogens (tertiary/aromatic N) is 2. The maximum Gasteiger partial charge on any atom is 0.140 e. The van der Waals surface area contributed by atoms with E-state index in [9.17, 15) is 0 Å². The third kappa shape index (κ3) is 1.61.